The van der Waals surface area contributed by atoms with Crippen molar-refractivity contribution in [3.8, 4) is 0 Å². The summed E-state index contributed by atoms with van der Waals surface area (Å²) in [5.74, 6) is 0.550. The number of aliphatic hydroxyl groups is 1. The highest BCUT2D eigenvalue weighted by Gasteiger charge is 2.25. The van der Waals surface area contributed by atoms with Crippen LogP contribution in [-0.2, 0) is 6.42 Å². The molecule has 4 rings (SSSR count). The average molecular weight is 364 g/mol. The minimum absolute atomic E-state index is 0.232. The van der Waals surface area contributed by atoms with Gasteiger partial charge in [0.2, 0.25) is 0 Å². The SMILES string of the molecule is N[C@@H](Cc1ccccc1)[C@@H](O)CN1CCC(c2c[nH]c3ncccc23)CC1. The van der Waals surface area contributed by atoms with E-state index in [0.717, 1.165) is 31.6 Å². The number of rotatable bonds is 6. The van der Waals surface area contributed by atoms with Crippen molar-refractivity contribution >= 4 is 11.0 Å². The molecule has 0 unspecified atom stereocenters. The zero-order valence-electron chi connectivity index (χ0n) is 15.6. The van der Waals surface area contributed by atoms with E-state index in [9.17, 15) is 5.11 Å². The average Bonchev–Trinajstić information content (AvgIpc) is 3.13. The zero-order valence-corrected chi connectivity index (χ0v) is 15.6. The predicted octanol–water partition coefficient (Wildman–Crippen LogP) is 2.67. The Kier molecular flexibility index (Phi) is 5.53. The van der Waals surface area contributed by atoms with Gasteiger partial charge in [0.25, 0.3) is 0 Å². The van der Waals surface area contributed by atoms with E-state index in [1.54, 1.807) is 0 Å². The summed E-state index contributed by atoms with van der Waals surface area (Å²) < 4.78 is 0. The van der Waals surface area contributed by atoms with Crippen LogP contribution >= 0.6 is 0 Å². The predicted molar refractivity (Wildman–Crippen MR) is 109 cm³/mol. The Morgan fingerprint density at radius 3 is 2.70 bits per heavy atom. The first-order valence-electron chi connectivity index (χ1n) is 9.82. The quantitative estimate of drug-likeness (QED) is 0.628. The molecule has 1 aromatic carbocycles. The molecule has 0 saturated carbocycles. The first-order chi connectivity index (χ1) is 13.2. The lowest BCUT2D eigenvalue weighted by Gasteiger charge is -2.34. The third-order valence-corrected chi connectivity index (χ3v) is 5.76. The topological polar surface area (TPSA) is 78.2 Å². The fraction of sp³-hybridized carbons (Fsp3) is 0.409. The Balaban J connectivity index is 1.30. The maximum atomic E-state index is 10.5. The Morgan fingerprint density at radius 2 is 1.93 bits per heavy atom. The van der Waals surface area contributed by atoms with Gasteiger partial charge in [0.1, 0.15) is 5.65 Å². The van der Waals surface area contributed by atoms with Gasteiger partial charge in [0.05, 0.1) is 6.10 Å². The van der Waals surface area contributed by atoms with E-state index < -0.39 is 6.10 Å². The van der Waals surface area contributed by atoms with Crippen LogP contribution in [0.1, 0.15) is 29.9 Å². The molecule has 3 heterocycles. The van der Waals surface area contributed by atoms with Gasteiger partial charge in [0.15, 0.2) is 0 Å². The largest absolute Gasteiger partial charge is 0.390 e. The molecule has 0 amide bonds. The summed E-state index contributed by atoms with van der Waals surface area (Å²) in [5, 5.41) is 11.8. The molecule has 0 spiro atoms. The monoisotopic (exact) mass is 364 g/mol. The minimum atomic E-state index is -0.501. The Bertz CT molecular complexity index is 855. The second kappa shape index (κ2) is 8.21. The van der Waals surface area contributed by atoms with Gasteiger partial charge in [-0.1, -0.05) is 30.3 Å². The van der Waals surface area contributed by atoms with Crippen molar-refractivity contribution in [2.75, 3.05) is 19.6 Å². The fourth-order valence-electron chi connectivity index (χ4n) is 4.16. The molecule has 0 radical (unpaired) electrons. The summed E-state index contributed by atoms with van der Waals surface area (Å²) in [6.45, 7) is 2.63. The number of aromatic amines is 1. The van der Waals surface area contributed by atoms with Crippen LogP contribution in [0.3, 0.4) is 0 Å². The molecule has 2 aromatic heterocycles. The van der Waals surface area contributed by atoms with Crippen LogP contribution in [0.25, 0.3) is 11.0 Å². The summed E-state index contributed by atoms with van der Waals surface area (Å²) >= 11 is 0. The van der Waals surface area contributed by atoms with Gasteiger partial charge >= 0.3 is 0 Å². The molecule has 2 atom stereocenters. The van der Waals surface area contributed by atoms with Gasteiger partial charge in [-0.15, -0.1) is 0 Å². The first-order valence-corrected chi connectivity index (χ1v) is 9.82. The van der Waals surface area contributed by atoms with Crippen molar-refractivity contribution in [1.29, 1.82) is 0 Å². The number of likely N-dealkylation sites (tertiary alicyclic amines) is 1. The van der Waals surface area contributed by atoms with Gasteiger partial charge < -0.3 is 20.7 Å². The van der Waals surface area contributed by atoms with Crippen LogP contribution in [0.4, 0.5) is 0 Å². The minimum Gasteiger partial charge on any atom is -0.390 e. The van der Waals surface area contributed by atoms with E-state index in [-0.39, 0.29) is 6.04 Å². The van der Waals surface area contributed by atoms with Crippen LogP contribution in [0.15, 0.2) is 54.9 Å². The highest BCUT2D eigenvalue weighted by atomic mass is 16.3. The molecule has 4 N–H and O–H groups in total. The molecule has 1 aliphatic heterocycles. The summed E-state index contributed by atoms with van der Waals surface area (Å²) in [6, 6.07) is 14.1. The third kappa shape index (κ3) is 4.21. The first kappa shape index (κ1) is 18.2. The van der Waals surface area contributed by atoms with E-state index >= 15 is 0 Å². The zero-order chi connectivity index (χ0) is 18.6. The van der Waals surface area contributed by atoms with Gasteiger partial charge in [-0.3, -0.25) is 0 Å². The van der Waals surface area contributed by atoms with E-state index in [1.807, 2.05) is 30.5 Å². The Hall–Kier alpha value is -2.21. The molecule has 0 aliphatic carbocycles. The molecule has 0 bridgehead atoms. The maximum absolute atomic E-state index is 10.5. The summed E-state index contributed by atoms with van der Waals surface area (Å²) in [5.41, 5.74) is 9.77. The molecule has 1 fully saturated rings. The Labute approximate surface area is 160 Å². The van der Waals surface area contributed by atoms with E-state index in [4.69, 9.17) is 5.73 Å². The molecule has 27 heavy (non-hydrogen) atoms. The van der Waals surface area contributed by atoms with Gasteiger partial charge in [-0.2, -0.15) is 0 Å². The normalized spacial score (nSPS) is 18.6. The van der Waals surface area contributed by atoms with Gasteiger partial charge in [-0.25, -0.2) is 4.98 Å². The second-order valence-corrected chi connectivity index (χ2v) is 7.64. The molecule has 1 aliphatic rings. The number of nitrogens with one attached hydrogen (secondary N) is 1. The number of nitrogens with two attached hydrogens (primary N) is 1. The summed E-state index contributed by atoms with van der Waals surface area (Å²) in [6.07, 6.45) is 6.35. The molecule has 5 nitrogen and oxygen atoms in total. The number of β-amino-alcohol motifs (C(OH)–C–C–N with tert-alkyl or cyclic N) is 1. The fourth-order valence-corrected chi connectivity index (χ4v) is 4.16. The smallest absolute Gasteiger partial charge is 0.137 e. The number of pyridine rings is 1. The van der Waals surface area contributed by atoms with E-state index in [0.29, 0.717) is 18.9 Å². The Morgan fingerprint density at radius 1 is 1.15 bits per heavy atom. The van der Waals surface area contributed by atoms with Crippen molar-refractivity contribution < 1.29 is 5.11 Å². The molecule has 142 valence electrons. The third-order valence-electron chi connectivity index (χ3n) is 5.76. The number of hydrogen-bond acceptors (Lipinski definition) is 4. The number of piperidine rings is 1. The van der Waals surface area contributed by atoms with Crippen molar-refractivity contribution in [3.63, 3.8) is 0 Å². The number of benzene rings is 1. The van der Waals surface area contributed by atoms with Gasteiger partial charge in [0, 0.05) is 30.4 Å². The number of H-pyrrole nitrogens is 1. The van der Waals surface area contributed by atoms with Crippen molar-refractivity contribution in [2.24, 2.45) is 5.73 Å². The molecule has 1 saturated heterocycles. The number of nitrogens with zero attached hydrogens (tertiary/aromatic N) is 2. The van der Waals surface area contributed by atoms with Gasteiger partial charge in [-0.05, 0) is 61.5 Å². The molecule has 3 aromatic rings. The van der Waals surface area contributed by atoms with E-state index in [1.165, 1.54) is 16.5 Å². The standard InChI is InChI=1S/C22H28N4O/c23-20(13-16-5-2-1-3-6-16)21(27)15-26-11-8-17(9-12-26)19-14-25-22-18(19)7-4-10-24-22/h1-7,10,14,17,20-21,27H,8-9,11-13,15,23H2,(H,24,25)/t20-,21-/m0/s1. The lowest BCUT2D eigenvalue weighted by atomic mass is 9.89. The summed E-state index contributed by atoms with van der Waals surface area (Å²) in [7, 11) is 0. The maximum Gasteiger partial charge on any atom is 0.137 e. The second-order valence-electron chi connectivity index (χ2n) is 7.64. The highest BCUT2D eigenvalue weighted by molar-refractivity contribution is 5.80. The van der Waals surface area contributed by atoms with Crippen molar-refractivity contribution in [3.05, 3.63) is 66.0 Å². The van der Waals surface area contributed by atoms with E-state index in [2.05, 4.69) is 39.3 Å². The highest BCUT2D eigenvalue weighted by Crippen LogP contribution is 2.32. The lowest BCUT2D eigenvalue weighted by Crippen LogP contribution is -2.46. The molecular weight excluding hydrogens is 336 g/mol. The van der Waals surface area contributed by atoms with Crippen LogP contribution in [0.2, 0.25) is 0 Å². The lowest BCUT2D eigenvalue weighted by molar-refractivity contribution is 0.0787. The summed E-state index contributed by atoms with van der Waals surface area (Å²) in [4.78, 5) is 10.0. The van der Waals surface area contributed by atoms with Crippen LogP contribution in [0.5, 0.6) is 0 Å². The van der Waals surface area contributed by atoms with Crippen molar-refractivity contribution in [2.45, 2.75) is 37.3 Å². The number of aliphatic hydroxyl groups excluding tert-OH is 1. The van der Waals surface area contributed by atoms with Crippen LogP contribution < -0.4 is 5.73 Å². The molecule has 5 heteroatoms. The number of fused-ring (bicyclic) bond motifs is 1. The number of hydrogen-bond donors (Lipinski definition) is 3. The van der Waals surface area contributed by atoms with Crippen molar-refractivity contribution in [1.82, 2.24) is 14.9 Å². The van der Waals surface area contributed by atoms with Crippen LogP contribution in [0, 0.1) is 0 Å². The molecular formula is C22H28N4O. The van der Waals surface area contributed by atoms with Crippen LogP contribution in [-0.4, -0.2) is 51.8 Å². The number of aromatic nitrogens is 2.